The average Bonchev–Trinajstić information content (AvgIpc) is 4.00. The van der Waals surface area contributed by atoms with Crippen LogP contribution in [0, 0.1) is 3.57 Å². The summed E-state index contributed by atoms with van der Waals surface area (Å²) in [6.45, 7) is 7.36. The van der Waals surface area contributed by atoms with Crippen molar-refractivity contribution in [3.63, 3.8) is 0 Å². The van der Waals surface area contributed by atoms with Crippen LogP contribution in [0.4, 0.5) is 17.1 Å². The van der Waals surface area contributed by atoms with Crippen LogP contribution in [-0.2, 0) is 0 Å². The molecule has 0 N–H and O–H groups in total. The molecule has 0 unspecified atom stereocenters. The number of benzene rings is 6. The van der Waals surface area contributed by atoms with Crippen molar-refractivity contribution in [2.75, 3.05) is 73.6 Å². The molecule has 3 saturated heterocycles. The first-order valence-electron chi connectivity index (χ1n) is 26.9. The van der Waals surface area contributed by atoms with Gasteiger partial charge in [-0.1, -0.05) is 141 Å². The predicted octanol–water partition coefficient (Wildman–Crippen LogP) is 14.3. The van der Waals surface area contributed by atoms with E-state index in [2.05, 4.69) is 117 Å². The predicted molar refractivity (Wildman–Crippen MR) is 321 cm³/mol. The summed E-state index contributed by atoms with van der Waals surface area (Å²) in [7, 11) is 0. The van der Waals surface area contributed by atoms with Gasteiger partial charge in [-0.2, -0.15) is 0 Å². The minimum atomic E-state index is 0.0756. The summed E-state index contributed by atoms with van der Waals surface area (Å²) >= 11 is 12.8. The van der Waals surface area contributed by atoms with Crippen LogP contribution in [0.15, 0.2) is 147 Å². The van der Waals surface area contributed by atoms with E-state index in [9.17, 15) is 14.4 Å². The molecule has 384 valence electrons. The number of aliphatic imine (C=N–C) groups is 3. The molecule has 75 heavy (non-hydrogen) atoms. The summed E-state index contributed by atoms with van der Waals surface area (Å²) in [5.74, 6) is 0.279. The molecule has 6 heterocycles. The maximum atomic E-state index is 12.1. The average molecular weight is 1190 g/mol. The van der Waals surface area contributed by atoms with Gasteiger partial charge in [0.1, 0.15) is 19.6 Å². The van der Waals surface area contributed by atoms with Crippen LogP contribution >= 0.6 is 50.1 Å². The highest BCUT2D eigenvalue weighted by Gasteiger charge is 2.26. The van der Waals surface area contributed by atoms with Gasteiger partial charge in [-0.25, -0.2) is 0 Å². The van der Waals surface area contributed by atoms with E-state index in [1.165, 1.54) is 92.0 Å². The molecular formula is C63H63BrClIN6O3. The molecule has 0 aromatic heterocycles. The molecule has 0 aliphatic carbocycles. The molecule has 0 radical (unpaired) electrons. The van der Waals surface area contributed by atoms with Crippen LogP contribution in [0.5, 0.6) is 0 Å². The number of halogens is 3. The molecule has 3 fully saturated rings. The monoisotopic (exact) mass is 1190 g/mol. The van der Waals surface area contributed by atoms with E-state index in [1.807, 2.05) is 78.9 Å². The Morgan fingerprint density at radius 1 is 0.387 bits per heavy atom. The number of nitrogens with zero attached hydrogens (tertiary/aromatic N) is 6. The smallest absolute Gasteiger partial charge is 0.184 e. The van der Waals surface area contributed by atoms with Crippen LogP contribution in [0.2, 0.25) is 5.02 Å². The summed E-state index contributed by atoms with van der Waals surface area (Å²) < 4.78 is 2.36. The van der Waals surface area contributed by atoms with E-state index < -0.39 is 0 Å². The van der Waals surface area contributed by atoms with Crippen molar-refractivity contribution < 1.29 is 14.4 Å². The van der Waals surface area contributed by atoms with Crippen molar-refractivity contribution in [1.82, 2.24) is 0 Å². The lowest BCUT2D eigenvalue weighted by atomic mass is 9.92. The zero-order valence-electron chi connectivity index (χ0n) is 42.5. The minimum absolute atomic E-state index is 0.0756. The van der Waals surface area contributed by atoms with Crippen LogP contribution in [-0.4, -0.2) is 93.4 Å². The van der Waals surface area contributed by atoms with Crippen molar-refractivity contribution >= 4 is 102 Å². The van der Waals surface area contributed by atoms with E-state index in [4.69, 9.17) is 11.6 Å². The Morgan fingerprint density at radius 3 is 1.08 bits per heavy atom. The highest BCUT2D eigenvalue weighted by molar-refractivity contribution is 14.1. The Hall–Kier alpha value is -5.76. The summed E-state index contributed by atoms with van der Waals surface area (Å²) in [5, 5.41) is 0.761. The van der Waals surface area contributed by atoms with Crippen LogP contribution in [0.25, 0.3) is 0 Å². The third-order valence-electron chi connectivity index (χ3n) is 15.1. The normalized spacial score (nSPS) is 17.7. The van der Waals surface area contributed by atoms with Crippen molar-refractivity contribution in [2.45, 2.75) is 77.0 Å². The molecule has 12 heteroatoms. The standard InChI is InChI=1S/C21H21BrN2O.C21H21ClN2O.C21H21IN2O/c3*22-18-13-15(9-10-19(18)24-11-5-1-2-6-12-24)21-17-8-4-3-7-16(17)20(25)14-23-21/h3*3-4,7-10,13H,1-2,5-6,11-12,14H2. The number of anilines is 3. The van der Waals surface area contributed by atoms with E-state index in [1.54, 1.807) is 0 Å². The Labute approximate surface area is 468 Å². The number of hydrogen-bond donors (Lipinski definition) is 0. The largest absolute Gasteiger partial charge is 0.371 e. The summed E-state index contributed by atoms with van der Waals surface area (Å²) in [6, 6.07) is 42.5. The van der Waals surface area contributed by atoms with E-state index >= 15 is 0 Å². The SMILES string of the molecule is O=C1CN=C(c2ccc(N3CCCCCC3)c(Br)c2)c2ccccc21.O=C1CN=C(c2ccc(N3CCCCCC3)c(Cl)c2)c2ccccc21.O=C1CN=C(c2ccc(N3CCCCCC3)c(I)c2)c2ccccc21. The second-order valence-electron chi connectivity index (χ2n) is 20.1. The lowest BCUT2D eigenvalue weighted by Crippen LogP contribution is -2.25. The number of ketones is 3. The fourth-order valence-corrected chi connectivity index (χ4v) is 13.0. The first kappa shape index (κ1) is 52.7. The lowest BCUT2D eigenvalue weighted by Gasteiger charge is -2.25. The van der Waals surface area contributed by atoms with Crippen molar-refractivity contribution in [2.24, 2.45) is 15.0 Å². The van der Waals surface area contributed by atoms with Gasteiger partial charge < -0.3 is 14.7 Å². The number of carbonyl (C=O) groups excluding carboxylic acids is 3. The van der Waals surface area contributed by atoms with Gasteiger partial charge in [0.2, 0.25) is 0 Å². The van der Waals surface area contributed by atoms with Crippen LogP contribution in [0.1, 0.15) is 142 Å². The quantitative estimate of drug-likeness (QED) is 0.154. The Morgan fingerprint density at radius 2 is 0.707 bits per heavy atom. The third kappa shape index (κ3) is 12.3. The summed E-state index contributed by atoms with van der Waals surface area (Å²) in [5.41, 5.74) is 14.7. The third-order valence-corrected chi connectivity index (χ3v) is 16.9. The molecule has 6 aliphatic rings. The van der Waals surface area contributed by atoms with Gasteiger partial charge in [0.05, 0.1) is 39.2 Å². The highest BCUT2D eigenvalue weighted by atomic mass is 127. The highest BCUT2D eigenvalue weighted by Crippen LogP contribution is 2.34. The molecule has 0 spiro atoms. The minimum Gasteiger partial charge on any atom is -0.371 e. The molecule has 0 amide bonds. The van der Waals surface area contributed by atoms with Gasteiger partial charge in [0.25, 0.3) is 0 Å². The van der Waals surface area contributed by atoms with Gasteiger partial charge >= 0.3 is 0 Å². The Bertz CT molecular complexity index is 2850. The van der Waals surface area contributed by atoms with E-state index in [-0.39, 0.29) is 37.0 Å². The number of rotatable bonds is 6. The maximum Gasteiger partial charge on any atom is 0.184 e. The van der Waals surface area contributed by atoms with Crippen molar-refractivity contribution in [3.05, 3.63) is 191 Å². The molecule has 0 saturated carbocycles. The summed E-state index contributed by atoms with van der Waals surface area (Å²) in [4.78, 5) is 57.3. The zero-order valence-corrected chi connectivity index (χ0v) is 47.0. The molecule has 6 aromatic rings. The molecule has 6 aliphatic heterocycles. The van der Waals surface area contributed by atoms with Crippen LogP contribution < -0.4 is 14.7 Å². The van der Waals surface area contributed by atoms with Crippen LogP contribution in [0.3, 0.4) is 0 Å². The zero-order chi connectivity index (χ0) is 51.7. The van der Waals surface area contributed by atoms with E-state index in [0.29, 0.717) is 0 Å². The number of hydrogen-bond acceptors (Lipinski definition) is 9. The molecule has 12 rings (SSSR count). The fourth-order valence-electron chi connectivity index (χ4n) is 11.2. The number of Topliss-reactive ketones (excluding diaryl/α,β-unsaturated/α-hetero) is 3. The van der Waals surface area contributed by atoms with Gasteiger partial charge in [0, 0.05) is 97.4 Å². The molecule has 9 nitrogen and oxygen atoms in total. The van der Waals surface area contributed by atoms with Crippen molar-refractivity contribution in [1.29, 1.82) is 0 Å². The Kier molecular flexibility index (Phi) is 17.5. The van der Waals surface area contributed by atoms with Gasteiger partial charge in [0.15, 0.2) is 17.3 Å². The summed E-state index contributed by atoms with van der Waals surface area (Å²) in [6.07, 6.45) is 15.5. The van der Waals surface area contributed by atoms with Gasteiger partial charge in [-0.3, -0.25) is 29.4 Å². The van der Waals surface area contributed by atoms with Crippen molar-refractivity contribution in [3.8, 4) is 0 Å². The maximum absolute atomic E-state index is 12.1. The second kappa shape index (κ2) is 24.9. The molecule has 0 bridgehead atoms. The van der Waals surface area contributed by atoms with E-state index in [0.717, 1.165) is 122 Å². The van der Waals surface area contributed by atoms with Gasteiger partial charge in [-0.15, -0.1) is 0 Å². The Balaban J connectivity index is 0.000000128. The second-order valence-corrected chi connectivity index (χ2v) is 22.5. The number of fused-ring (bicyclic) bond motifs is 3. The first-order chi connectivity index (χ1) is 36.7. The molecular weight excluding hydrogens is 1130 g/mol. The molecule has 0 atom stereocenters. The fraction of sp³-hybridized carbons (Fsp3) is 0.333. The molecule has 6 aromatic carbocycles. The lowest BCUT2D eigenvalue weighted by molar-refractivity contribution is 0.0992. The number of carbonyl (C=O) groups is 3. The van der Waals surface area contributed by atoms with Gasteiger partial charge in [-0.05, 0) is 113 Å². The first-order valence-corrected chi connectivity index (χ1v) is 29.1. The topological polar surface area (TPSA) is 98.0 Å².